The number of amides is 1. The molecule has 6 aromatic carbocycles. The van der Waals surface area contributed by atoms with Crippen molar-refractivity contribution in [2.24, 2.45) is 5.73 Å². The van der Waals surface area contributed by atoms with E-state index in [1.807, 2.05) is 6.07 Å². The van der Waals surface area contributed by atoms with Crippen molar-refractivity contribution >= 4 is 46.0 Å². The summed E-state index contributed by atoms with van der Waals surface area (Å²) in [5.41, 5.74) is 7.44. The van der Waals surface area contributed by atoms with Gasteiger partial charge in [0.25, 0.3) is 5.91 Å². The van der Waals surface area contributed by atoms with Crippen molar-refractivity contribution in [1.82, 2.24) is 5.32 Å². The molecule has 1 amide bonds. The third-order valence-electron chi connectivity index (χ3n) is 10.6. The van der Waals surface area contributed by atoms with Gasteiger partial charge in [-0.3, -0.25) is 14.4 Å². The Morgan fingerprint density at radius 1 is 0.618 bits per heavy atom. The van der Waals surface area contributed by atoms with Crippen LogP contribution in [0.1, 0.15) is 119 Å². The maximum Gasteiger partial charge on any atom is 1.00 e. The Bertz CT molecular complexity index is 2870. The fourth-order valence-corrected chi connectivity index (χ4v) is 6.97. The van der Waals surface area contributed by atoms with E-state index in [0.29, 0.717) is 39.3 Å². The summed E-state index contributed by atoms with van der Waals surface area (Å²) < 4.78 is 62.0. The van der Waals surface area contributed by atoms with Crippen LogP contribution in [0.3, 0.4) is 0 Å². The molecule has 21 heteroatoms. The van der Waals surface area contributed by atoms with Crippen LogP contribution in [0.25, 0.3) is 0 Å². The number of aromatic carboxylic acids is 1. The monoisotopic (exact) mass is 1210 g/mol. The Balaban J connectivity index is 0. The van der Waals surface area contributed by atoms with Gasteiger partial charge in [0.15, 0.2) is 11.6 Å². The number of nitrogens with two attached hydrogens (primary N) is 1. The Labute approximate surface area is 538 Å². The van der Waals surface area contributed by atoms with E-state index < -0.39 is 59.0 Å². The second kappa shape index (κ2) is 34.6. The van der Waals surface area contributed by atoms with Crippen molar-refractivity contribution in [3.63, 3.8) is 0 Å². The molecule has 0 fully saturated rings. The second-order valence-electron chi connectivity index (χ2n) is 16.8. The Kier molecular flexibility index (Phi) is 33.6. The van der Waals surface area contributed by atoms with Gasteiger partial charge in [0.2, 0.25) is 0 Å². The van der Waals surface area contributed by atoms with Crippen LogP contribution >= 0.6 is 22.6 Å². The van der Waals surface area contributed by atoms with Crippen LogP contribution in [0.4, 0.5) is 17.6 Å². The van der Waals surface area contributed by atoms with Gasteiger partial charge in [-0.15, -0.1) is 0 Å². The number of benzene rings is 6. The molecule has 14 nitrogen and oxygen atoms in total. The van der Waals surface area contributed by atoms with Gasteiger partial charge < -0.3 is 53.2 Å². The van der Waals surface area contributed by atoms with Crippen molar-refractivity contribution in [1.29, 1.82) is 10.5 Å². The number of aliphatic hydroxyl groups is 2. The van der Waals surface area contributed by atoms with E-state index in [-0.39, 0.29) is 150 Å². The molecule has 7 N–H and O–H groups in total. The number of carboxylic acids is 1. The van der Waals surface area contributed by atoms with Crippen LogP contribution in [0.15, 0.2) is 133 Å². The summed E-state index contributed by atoms with van der Waals surface area (Å²) in [7, 11) is 0. The van der Waals surface area contributed by atoms with Crippen LogP contribution < -0.4 is 123 Å². The molecular formula is C55H55F4IK2N4O10. The number of ketones is 2. The summed E-state index contributed by atoms with van der Waals surface area (Å²) in [4.78, 5) is 45.7. The fourth-order valence-electron chi connectivity index (χ4n) is 6.61. The number of halogens is 5. The number of carbonyl (C=O) groups excluding carboxylic acids is 3. The minimum absolute atomic E-state index is 0. The third kappa shape index (κ3) is 22.2. The van der Waals surface area contributed by atoms with Crippen LogP contribution in [0.2, 0.25) is 0 Å². The average molecular weight is 1220 g/mol. The quantitative estimate of drug-likeness (QED) is 0.0518. The Hall–Kier alpha value is -4.26. The van der Waals surface area contributed by atoms with Crippen molar-refractivity contribution < 1.29 is 170 Å². The molecule has 76 heavy (non-hydrogen) atoms. The number of carboxylic acid groups (broad SMARTS) is 1. The van der Waals surface area contributed by atoms with E-state index in [4.69, 9.17) is 37.4 Å². The van der Waals surface area contributed by atoms with Crippen LogP contribution in [-0.4, -0.2) is 67.6 Å². The zero-order valence-electron chi connectivity index (χ0n) is 42.1. The number of Topliss-reactive ketones (excluding diaryl/α,β-unsaturated/α-hetero) is 2. The number of nitriles is 1. The molecule has 2 aliphatic rings. The minimum Gasteiger partial charge on any atom is -0.870 e. The molecule has 0 saturated carbocycles. The Morgan fingerprint density at radius 2 is 0.961 bits per heavy atom. The van der Waals surface area contributed by atoms with Crippen LogP contribution in [0, 0.1) is 50.0 Å². The first kappa shape index (κ1) is 73.8. The number of hydrogen-bond donors (Lipinski definition) is 5. The summed E-state index contributed by atoms with van der Waals surface area (Å²) in [6, 6.07) is 32.2. The van der Waals surface area contributed by atoms with Crippen molar-refractivity contribution in [2.75, 3.05) is 0 Å². The SMILES string of the molecule is C.CC(=O)c1ccc2c(c1)[C@H](N)[C@@H](O)C(C)(C)O2.CC(=O)c1ccc2c(c1)[C@H](NC(=O)c1ccc(F)cc1)[C@@H](O)C(C)(C)O2.Fc1ccc(I)cc1.N#Cc1ccc(F)cc1.O=C(O)c1ccc(F)cc1.[14C-]#N.[K+].[K+].[OH-]. The van der Waals surface area contributed by atoms with E-state index >= 15 is 0 Å². The molecule has 0 aliphatic carbocycles. The number of hydrogen-bond acceptors (Lipinski definition) is 12. The first-order valence-electron chi connectivity index (χ1n) is 21.5. The van der Waals surface area contributed by atoms with Crippen LogP contribution in [-0.2, 0) is 0 Å². The van der Waals surface area contributed by atoms with Gasteiger partial charge in [-0.2, -0.15) is 5.26 Å². The smallest absolute Gasteiger partial charge is 0.870 e. The second-order valence-corrected chi connectivity index (χ2v) is 18.0. The summed E-state index contributed by atoms with van der Waals surface area (Å²) in [6.07, 6.45) is -1.83. The first-order valence-corrected chi connectivity index (χ1v) is 22.5. The maximum absolute atomic E-state index is 13.1. The van der Waals surface area contributed by atoms with E-state index in [1.54, 1.807) is 76.2 Å². The van der Waals surface area contributed by atoms with Gasteiger partial charge in [-0.25, -0.2) is 22.4 Å². The molecule has 0 radical (unpaired) electrons. The number of ether oxygens (including phenoxy) is 2. The van der Waals surface area contributed by atoms with Gasteiger partial charge in [0.1, 0.15) is 58.2 Å². The standard InChI is InChI=1S/C20H20FNO4.C13H17NO3.C7H4FN.C7H5FO2.C6H4FI.CN.CH4.2K.H2O/c1-11(23)13-6-9-16-15(10-13)17(18(24)20(2,3)26-16)22-19(25)12-4-7-14(21)8-5-12;1-7(15)8-4-5-10-9(6-8)11(14)12(16)13(2,3)17-10;8-7-3-1-6(5-9)2-4-7;8-6-3-1-5(2-4-6)7(9)10;7-5-1-3-6(8)4-2-5;1-2;;;;/h4-10,17-18,24H,1-3H3,(H,22,25);4-6,11-12,16H,14H2,1-3H3;1-4H;1-4H,(H,9,10);1-4H;;1H4;;;1H2/q;;;;;-1;;2*+1;/p-1/t17-,18+;11-,12+;;;;;;;;/m00......../s1/i;;;;;1+2;;;;. The number of carbonyl (C=O) groups is 4. The molecule has 0 unspecified atom stereocenters. The van der Waals surface area contributed by atoms with E-state index in [2.05, 4.69) is 27.9 Å². The first-order chi connectivity index (χ1) is 33.8. The zero-order chi connectivity index (χ0) is 54.1. The van der Waals surface area contributed by atoms with Gasteiger partial charge in [0, 0.05) is 31.4 Å². The van der Waals surface area contributed by atoms with E-state index in [9.17, 15) is 47.0 Å². The normalized spacial score (nSPS) is 16.1. The van der Waals surface area contributed by atoms with Gasteiger partial charge in [0.05, 0.1) is 29.3 Å². The zero-order valence-corrected chi connectivity index (χ0v) is 50.5. The molecule has 8 rings (SSSR count). The number of rotatable bonds is 5. The molecule has 0 saturated heterocycles. The van der Waals surface area contributed by atoms with E-state index in [1.165, 1.54) is 86.6 Å². The fraction of sp³-hybridized carbons (Fsp3) is 0.236. The maximum atomic E-state index is 13.1. The molecule has 6 aromatic rings. The van der Waals surface area contributed by atoms with Crippen molar-refractivity contribution in [3.05, 3.63) is 206 Å². The summed E-state index contributed by atoms with van der Waals surface area (Å²) in [5, 5.41) is 46.4. The predicted molar refractivity (Wildman–Crippen MR) is 275 cm³/mol. The summed E-state index contributed by atoms with van der Waals surface area (Å²) in [6.45, 7) is 14.7. The third-order valence-corrected chi connectivity index (χ3v) is 11.3. The van der Waals surface area contributed by atoms with Gasteiger partial charge in [-0.05, 0) is 198 Å². The number of nitrogens with one attached hydrogen (secondary N) is 1. The largest absolute Gasteiger partial charge is 1.00 e. The van der Waals surface area contributed by atoms with Crippen molar-refractivity contribution in [2.45, 2.75) is 84.5 Å². The minimum atomic E-state index is -1.04. The number of fused-ring (bicyclic) bond motifs is 2. The predicted octanol–water partition coefficient (Wildman–Crippen LogP) is 4.67. The molecule has 2 aliphatic heterocycles. The summed E-state index contributed by atoms with van der Waals surface area (Å²) >= 11 is 2.13. The molecule has 2 heterocycles. The van der Waals surface area contributed by atoms with Gasteiger partial charge >= 0.3 is 109 Å². The van der Waals surface area contributed by atoms with E-state index in [0.717, 1.165) is 15.7 Å². The van der Waals surface area contributed by atoms with Crippen molar-refractivity contribution in [3.8, 4) is 17.6 Å². The number of nitrogens with zero attached hydrogens (tertiary/aromatic N) is 2. The number of aliphatic hydroxyl groups excluding tert-OH is 2. The molecule has 392 valence electrons. The molecular weight excluding hydrogens is 1160 g/mol. The molecule has 0 spiro atoms. The van der Waals surface area contributed by atoms with Crippen LogP contribution in [0.5, 0.6) is 11.5 Å². The van der Waals surface area contributed by atoms with Gasteiger partial charge in [-0.1, -0.05) is 7.43 Å². The average Bonchev–Trinajstić information content (AvgIpc) is 3.34. The topological polar surface area (TPSA) is 263 Å². The Morgan fingerprint density at radius 3 is 1.34 bits per heavy atom. The molecule has 0 bridgehead atoms. The molecule has 4 atom stereocenters. The molecule has 0 aromatic heterocycles. The summed E-state index contributed by atoms with van der Waals surface area (Å²) in [5.74, 6) is -1.87.